The van der Waals surface area contributed by atoms with Gasteiger partial charge in [-0.25, -0.2) is 0 Å². The summed E-state index contributed by atoms with van der Waals surface area (Å²) < 4.78 is 0. The van der Waals surface area contributed by atoms with Crippen LogP contribution in [0.4, 0.5) is 0 Å². The highest BCUT2D eigenvalue weighted by atomic mass is 16.2. The van der Waals surface area contributed by atoms with Crippen LogP contribution in [0.15, 0.2) is 30.3 Å². The zero-order valence-corrected chi connectivity index (χ0v) is 12.3. The molecule has 1 aliphatic heterocycles. The first-order chi connectivity index (χ1) is 9.74. The third-order valence-electron chi connectivity index (χ3n) is 3.98. The van der Waals surface area contributed by atoms with Crippen LogP contribution in [0.25, 0.3) is 0 Å². The number of nitrogens with zero attached hydrogens (tertiary/aromatic N) is 2. The maximum Gasteiger partial charge on any atom is 0.224 e. The van der Waals surface area contributed by atoms with Gasteiger partial charge in [-0.2, -0.15) is 0 Å². The van der Waals surface area contributed by atoms with E-state index in [1.54, 1.807) is 0 Å². The van der Waals surface area contributed by atoms with Crippen molar-refractivity contribution in [3.63, 3.8) is 0 Å². The minimum Gasteiger partial charge on any atom is -0.334 e. The predicted octanol–water partition coefficient (Wildman–Crippen LogP) is 1.46. The predicted molar refractivity (Wildman–Crippen MR) is 81.2 cm³/mol. The van der Waals surface area contributed by atoms with E-state index in [-0.39, 0.29) is 11.9 Å². The molecule has 0 radical (unpaired) electrons. The molecule has 1 aromatic carbocycles. The summed E-state index contributed by atoms with van der Waals surface area (Å²) in [5.74, 6) is 0.264. The zero-order chi connectivity index (χ0) is 14.4. The van der Waals surface area contributed by atoms with Crippen LogP contribution >= 0.6 is 0 Å². The van der Waals surface area contributed by atoms with E-state index in [1.807, 2.05) is 23.1 Å². The van der Waals surface area contributed by atoms with Gasteiger partial charge in [-0.15, -0.1) is 0 Å². The van der Waals surface area contributed by atoms with E-state index in [0.717, 1.165) is 26.1 Å². The molecule has 1 saturated heterocycles. The molecule has 0 aliphatic carbocycles. The Morgan fingerprint density at radius 3 is 2.70 bits per heavy atom. The molecule has 4 heteroatoms. The number of nitrogens with two attached hydrogens (primary N) is 1. The highest BCUT2D eigenvalue weighted by Gasteiger charge is 2.28. The fraction of sp³-hybridized carbons (Fsp3) is 0.562. The Balaban J connectivity index is 2.10. The maximum atomic E-state index is 12.4. The lowest BCUT2D eigenvalue weighted by Gasteiger charge is -2.31. The first-order valence-electron chi connectivity index (χ1n) is 7.50. The van der Waals surface area contributed by atoms with Crippen molar-refractivity contribution in [3.05, 3.63) is 35.9 Å². The van der Waals surface area contributed by atoms with Crippen molar-refractivity contribution in [2.24, 2.45) is 5.73 Å². The van der Waals surface area contributed by atoms with Gasteiger partial charge < -0.3 is 10.6 Å². The number of rotatable bonds is 5. The lowest BCUT2D eigenvalue weighted by atomic mass is 10.1. The molecule has 2 rings (SSSR count). The van der Waals surface area contributed by atoms with Gasteiger partial charge in [0.2, 0.25) is 5.91 Å². The SMILES string of the molecule is CC[C@@H]1CN(CCN)CCC(=O)N1Cc1ccccc1. The molecule has 1 amide bonds. The number of hydrogen-bond donors (Lipinski definition) is 1. The smallest absolute Gasteiger partial charge is 0.224 e. The molecule has 2 N–H and O–H groups in total. The standard InChI is InChI=1S/C16H25N3O/c1-2-15-13-18(11-9-17)10-8-16(20)19(15)12-14-6-4-3-5-7-14/h3-7,15H,2,8-13,17H2,1H3/t15-/m1/s1. The van der Waals surface area contributed by atoms with Gasteiger partial charge in [0.25, 0.3) is 0 Å². The normalized spacial score (nSPS) is 21.0. The Bertz CT molecular complexity index is 421. The fourth-order valence-electron chi connectivity index (χ4n) is 2.82. The summed E-state index contributed by atoms with van der Waals surface area (Å²) in [5, 5.41) is 0. The molecule has 1 atom stereocenters. The van der Waals surface area contributed by atoms with E-state index in [4.69, 9.17) is 5.73 Å². The molecule has 0 bridgehead atoms. The van der Waals surface area contributed by atoms with E-state index in [0.29, 0.717) is 19.5 Å². The van der Waals surface area contributed by atoms with Crippen LogP contribution in [0.5, 0.6) is 0 Å². The van der Waals surface area contributed by atoms with Crippen molar-refractivity contribution in [1.82, 2.24) is 9.80 Å². The Morgan fingerprint density at radius 2 is 2.05 bits per heavy atom. The first-order valence-corrected chi connectivity index (χ1v) is 7.50. The van der Waals surface area contributed by atoms with Gasteiger partial charge in [-0.1, -0.05) is 37.3 Å². The molecule has 0 saturated carbocycles. The van der Waals surface area contributed by atoms with Crippen molar-refractivity contribution < 1.29 is 4.79 Å². The number of benzene rings is 1. The van der Waals surface area contributed by atoms with E-state index in [9.17, 15) is 4.79 Å². The molecular formula is C16H25N3O. The van der Waals surface area contributed by atoms with Gasteiger partial charge in [0, 0.05) is 45.2 Å². The van der Waals surface area contributed by atoms with Crippen molar-refractivity contribution in [3.8, 4) is 0 Å². The van der Waals surface area contributed by atoms with Crippen LogP contribution in [0.2, 0.25) is 0 Å². The summed E-state index contributed by atoms with van der Waals surface area (Å²) in [5.41, 5.74) is 6.85. The van der Waals surface area contributed by atoms with Gasteiger partial charge >= 0.3 is 0 Å². The molecule has 0 aromatic heterocycles. The van der Waals surface area contributed by atoms with Gasteiger partial charge in [-0.3, -0.25) is 9.69 Å². The molecule has 1 heterocycles. The number of carbonyl (C=O) groups is 1. The minimum absolute atomic E-state index is 0.264. The Kier molecular flexibility index (Phi) is 5.56. The van der Waals surface area contributed by atoms with Crippen molar-refractivity contribution >= 4 is 5.91 Å². The molecular weight excluding hydrogens is 250 g/mol. The summed E-state index contributed by atoms with van der Waals surface area (Å²) in [4.78, 5) is 16.8. The van der Waals surface area contributed by atoms with E-state index < -0.39 is 0 Å². The second kappa shape index (κ2) is 7.41. The molecule has 1 aliphatic rings. The van der Waals surface area contributed by atoms with Crippen molar-refractivity contribution in [1.29, 1.82) is 0 Å². The summed E-state index contributed by atoms with van der Waals surface area (Å²) >= 11 is 0. The van der Waals surface area contributed by atoms with Gasteiger partial charge in [0.15, 0.2) is 0 Å². The molecule has 1 fully saturated rings. The second-order valence-electron chi connectivity index (χ2n) is 5.41. The summed E-state index contributed by atoms with van der Waals surface area (Å²) in [6, 6.07) is 10.5. The van der Waals surface area contributed by atoms with Crippen molar-refractivity contribution in [2.75, 3.05) is 26.2 Å². The average Bonchev–Trinajstić information content (AvgIpc) is 2.62. The van der Waals surface area contributed by atoms with Crippen molar-refractivity contribution in [2.45, 2.75) is 32.4 Å². The maximum absolute atomic E-state index is 12.4. The summed E-state index contributed by atoms with van der Waals surface area (Å²) in [6.07, 6.45) is 1.59. The van der Waals surface area contributed by atoms with Crippen LogP contribution in [-0.4, -0.2) is 47.9 Å². The fourth-order valence-corrected chi connectivity index (χ4v) is 2.82. The van der Waals surface area contributed by atoms with Crippen LogP contribution in [-0.2, 0) is 11.3 Å². The molecule has 1 aromatic rings. The average molecular weight is 275 g/mol. The molecule has 110 valence electrons. The van der Waals surface area contributed by atoms with E-state index in [1.165, 1.54) is 5.56 Å². The molecule has 0 spiro atoms. The second-order valence-corrected chi connectivity index (χ2v) is 5.41. The number of hydrogen-bond acceptors (Lipinski definition) is 3. The highest BCUT2D eigenvalue weighted by Crippen LogP contribution is 2.17. The van der Waals surface area contributed by atoms with Crippen LogP contribution in [0.1, 0.15) is 25.3 Å². The topological polar surface area (TPSA) is 49.6 Å². The highest BCUT2D eigenvalue weighted by molar-refractivity contribution is 5.77. The summed E-state index contributed by atoms with van der Waals surface area (Å²) in [7, 11) is 0. The lowest BCUT2D eigenvalue weighted by Crippen LogP contribution is -2.43. The molecule has 4 nitrogen and oxygen atoms in total. The van der Waals surface area contributed by atoms with Gasteiger partial charge in [0.05, 0.1) is 0 Å². The molecule has 20 heavy (non-hydrogen) atoms. The minimum atomic E-state index is 0.264. The third kappa shape index (κ3) is 3.81. The quantitative estimate of drug-likeness (QED) is 0.885. The van der Waals surface area contributed by atoms with E-state index >= 15 is 0 Å². The van der Waals surface area contributed by atoms with Crippen LogP contribution in [0.3, 0.4) is 0 Å². The largest absolute Gasteiger partial charge is 0.334 e. The van der Waals surface area contributed by atoms with Gasteiger partial charge in [0.1, 0.15) is 0 Å². The van der Waals surface area contributed by atoms with E-state index in [2.05, 4.69) is 24.0 Å². The zero-order valence-electron chi connectivity index (χ0n) is 12.3. The monoisotopic (exact) mass is 275 g/mol. The Labute approximate surface area is 121 Å². The van der Waals surface area contributed by atoms with Gasteiger partial charge in [-0.05, 0) is 12.0 Å². The third-order valence-corrected chi connectivity index (χ3v) is 3.98. The first kappa shape index (κ1) is 15.0. The Morgan fingerprint density at radius 1 is 1.30 bits per heavy atom. The lowest BCUT2D eigenvalue weighted by molar-refractivity contribution is -0.133. The Hall–Kier alpha value is -1.39. The number of carbonyl (C=O) groups excluding carboxylic acids is 1. The number of amides is 1. The molecule has 0 unspecified atom stereocenters. The van der Waals surface area contributed by atoms with Crippen LogP contribution in [0, 0.1) is 0 Å². The van der Waals surface area contributed by atoms with Crippen LogP contribution < -0.4 is 5.73 Å². The summed E-state index contributed by atoms with van der Waals surface area (Å²) in [6.45, 7) is 6.17.